The summed E-state index contributed by atoms with van der Waals surface area (Å²) >= 11 is 36.6. The summed E-state index contributed by atoms with van der Waals surface area (Å²) in [6.07, 6.45) is 1.31. The van der Waals surface area contributed by atoms with Crippen LogP contribution in [0.3, 0.4) is 0 Å². The first-order valence-electron chi connectivity index (χ1n) is 6.67. The zero-order valence-electron chi connectivity index (χ0n) is 11.8. The smallest absolute Gasteiger partial charge is 0.247 e. The van der Waals surface area contributed by atoms with E-state index in [0.717, 1.165) is 10.8 Å². The average molecular weight is 444 g/mol. The molecule has 1 N–H and O–H groups in total. The molecule has 0 amide bonds. The summed E-state index contributed by atoms with van der Waals surface area (Å²) in [6.45, 7) is 0. The lowest BCUT2D eigenvalue weighted by Gasteiger charge is -2.37. The van der Waals surface area contributed by atoms with E-state index in [2.05, 4.69) is 15.3 Å². The Labute approximate surface area is 168 Å². The molecule has 0 fully saturated rings. The highest BCUT2D eigenvalue weighted by atomic mass is 35.6. The standard InChI is InChI=1S/C15H9Cl6N3/c16-14(17,18)12-22-8-23-13(24-12,15(19,20)21)11-7-3-5-9-4-1-2-6-10(9)11/h1-8H,(H,22,23,24). The number of aliphatic imine (C=N–C) groups is 2. The van der Waals surface area contributed by atoms with Gasteiger partial charge in [0.15, 0.2) is 5.84 Å². The van der Waals surface area contributed by atoms with Crippen LogP contribution in [0.15, 0.2) is 52.4 Å². The molecule has 0 saturated heterocycles. The van der Waals surface area contributed by atoms with Gasteiger partial charge in [-0.25, -0.2) is 9.98 Å². The predicted octanol–water partition coefficient (Wildman–Crippen LogP) is 5.76. The summed E-state index contributed by atoms with van der Waals surface area (Å²) in [5.74, 6) is 0.0155. The van der Waals surface area contributed by atoms with Crippen molar-refractivity contribution in [2.45, 2.75) is 13.2 Å². The highest BCUT2D eigenvalue weighted by Gasteiger charge is 2.53. The maximum absolute atomic E-state index is 6.27. The molecular formula is C15H9Cl6N3. The minimum Gasteiger partial charge on any atom is -0.331 e. The Morgan fingerprint density at radius 3 is 2.21 bits per heavy atom. The summed E-state index contributed by atoms with van der Waals surface area (Å²) < 4.78 is -3.74. The fourth-order valence-electron chi connectivity index (χ4n) is 2.50. The third-order valence-corrected chi connectivity index (χ3v) is 4.88. The van der Waals surface area contributed by atoms with Crippen LogP contribution in [-0.2, 0) is 5.66 Å². The van der Waals surface area contributed by atoms with E-state index in [1.165, 1.54) is 6.34 Å². The number of amidine groups is 1. The lowest BCUT2D eigenvalue weighted by atomic mass is 9.94. The molecule has 0 bridgehead atoms. The van der Waals surface area contributed by atoms with Gasteiger partial charge in [0.05, 0.1) is 6.34 Å². The maximum Gasteiger partial charge on any atom is 0.247 e. The topological polar surface area (TPSA) is 36.8 Å². The lowest BCUT2D eigenvalue weighted by molar-refractivity contribution is 0.479. The number of halogens is 6. The zero-order valence-corrected chi connectivity index (χ0v) is 16.3. The minimum atomic E-state index is -1.92. The van der Waals surface area contributed by atoms with E-state index < -0.39 is 13.2 Å². The van der Waals surface area contributed by atoms with Gasteiger partial charge in [-0.1, -0.05) is 112 Å². The number of alkyl halides is 6. The molecule has 0 spiro atoms. The van der Waals surface area contributed by atoms with Crippen LogP contribution in [0.2, 0.25) is 0 Å². The summed E-state index contributed by atoms with van der Waals surface area (Å²) in [5.41, 5.74) is -1.01. The van der Waals surface area contributed by atoms with E-state index in [9.17, 15) is 0 Å². The molecule has 1 atom stereocenters. The third-order valence-electron chi connectivity index (χ3n) is 3.56. The Morgan fingerprint density at radius 1 is 0.875 bits per heavy atom. The minimum absolute atomic E-state index is 0.0155. The number of nitrogens with zero attached hydrogens (tertiary/aromatic N) is 2. The van der Waals surface area contributed by atoms with Crippen LogP contribution in [0.25, 0.3) is 10.8 Å². The molecule has 2 aromatic carbocycles. The van der Waals surface area contributed by atoms with Crippen molar-refractivity contribution in [2.24, 2.45) is 9.98 Å². The Kier molecular flexibility index (Phi) is 4.89. The number of nitrogens with one attached hydrogen (secondary N) is 1. The van der Waals surface area contributed by atoms with Gasteiger partial charge in [0.1, 0.15) is 0 Å². The molecule has 3 nitrogen and oxygen atoms in total. The number of rotatable bonds is 1. The Balaban J connectivity index is 2.34. The van der Waals surface area contributed by atoms with E-state index in [0.29, 0.717) is 5.56 Å². The summed E-state index contributed by atoms with van der Waals surface area (Å²) in [5, 5.41) is 4.47. The Bertz CT molecular complexity index is 832. The number of fused-ring (bicyclic) bond motifs is 1. The molecule has 0 aromatic heterocycles. The van der Waals surface area contributed by atoms with Crippen molar-refractivity contribution < 1.29 is 0 Å². The monoisotopic (exact) mass is 441 g/mol. The molecule has 24 heavy (non-hydrogen) atoms. The highest BCUT2D eigenvalue weighted by molar-refractivity contribution is 6.77. The second-order valence-electron chi connectivity index (χ2n) is 5.06. The van der Waals surface area contributed by atoms with Crippen molar-refractivity contribution in [2.75, 3.05) is 0 Å². The predicted molar refractivity (Wildman–Crippen MR) is 105 cm³/mol. The van der Waals surface area contributed by atoms with Gasteiger partial charge in [0.25, 0.3) is 0 Å². The second-order valence-corrected chi connectivity index (χ2v) is 9.62. The van der Waals surface area contributed by atoms with Crippen molar-refractivity contribution in [3.63, 3.8) is 0 Å². The molecule has 1 unspecified atom stereocenters. The quantitative estimate of drug-likeness (QED) is 0.558. The van der Waals surface area contributed by atoms with Crippen LogP contribution in [0.4, 0.5) is 0 Å². The van der Waals surface area contributed by atoms with Gasteiger partial charge in [-0.2, -0.15) is 0 Å². The molecule has 9 heteroatoms. The van der Waals surface area contributed by atoms with E-state index in [4.69, 9.17) is 69.6 Å². The molecule has 2 aromatic rings. The molecule has 1 heterocycles. The van der Waals surface area contributed by atoms with Crippen LogP contribution in [0.1, 0.15) is 5.56 Å². The van der Waals surface area contributed by atoms with Crippen LogP contribution < -0.4 is 5.32 Å². The van der Waals surface area contributed by atoms with Crippen LogP contribution in [-0.4, -0.2) is 19.8 Å². The number of hydrogen-bond donors (Lipinski definition) is 1. The SMILES string of the molecule is ClC(Cl)(Cl)C1=NC(c2cccc3ccccc23)(C(Cl)(Cl)Cl)N=CN1. The fraction of sp³-hybridized carbons (Fsp3) is 0.200. The first-order valence-corrected chi connectivity index (χ1v) is 8.94. The fourth-order valence-corrected chi connectivity index (χ4v) is 3.37. The van der Waals surface area contributed by atoms with Crippen molar-refractivity contribution in [1.82, 2.24) is 5.32 Å². The molecule has 0 saturated carbocycles. The average Bonchev–Trinajstić information content (AvgIpc) is 2.52. The largest absolute Gasteiger partial charge is 0.331 e. The molecule has 1 aliphatic rings. The van der Waals surface area contributed by atoms with Crippen LogP contribution >= 0.6 is 69.6 Å². The summed E-state index contributed by atoms with van der Waals surface area (Å²) in [4.78, 5) is 8.71. The van der Waals surface area contributed by atoms with Crippen molar-refractivity contribution >= 4 is 92.6 Å². The lowest BCUT2D eigenvalue weighted by Crippen LogP contribution is -2.47. The van der Waals surface area contributed by atoms with E-state index in [1.807, 2.05) is 36.4 Å². The van der Waals surface area contributed by atoms with Crippen molar-refractivity contribution in [1.29, 1.82) is 0 Å². The Morgan fingerprint density at radius 2 is 1.54 bits per heavy atom. The van der Waals surface area contributed by atoms with Crippen molar-refractivity contribution in [3.05, 3.63) is 48.0 Å². The molecule has 126 valence electrons. The van der Waals surface area contributed by atoms with Gasteiger partial charge in [0, 0.05) is 5.56 Å². The first-order chi connectivity index (χ1) is 11.2. The van der Waals surface area contributed by atoms with Gasteiger partial charge in [-0.3, -0.25) is 0 Å². The van der Waals surface area contributed by atoms with Crippen LogP contribution in [0, 0.1) is 0 Å². The van der Waals surface area contributed by atoms with Crippen LogP contribution in [0.5, 0.6) is 0 Å². The zero-order chi connectivity index (χ0) is 17.6. The van der Waals surface area contributed by atoms with E-state index in [-0.39, 0.29) is 5.84 Å². The maximum atomic E-state index is 6.27. The van der Waals surface area contributed by atoms with Gasteiger partial charge in [-0.15, -0.1) is 0 Å². The summed E-state index contributed by atoms with van der Waals surface area (Å²) in [6, 6.07) is 13.2. The van der Waals surface area contributed by atoms with Gasteiger partial charge in [-0.05, 0) is 10.8 Å². The Hall–Kier alpha value is -0.420. The molecule has 3 rings (SSSR count). The highest BCUT2D eigenvalue weighted by Crippen LogP contribution is 2.51. The molecular weight excluding hydrogens is 435 g/mol. The second kappa shape index (κ2) is 6.39. The van der Waals surface area contributed by atoms with Gasteiger partial charge >= 0.3 is 0 Å². The first kappa shape index (κ1) is 18.4. The molecule has 0 radical (unpaired) electrons. The van der Waals surface area contributed by atoms with E-state index >= 15 is 0 Å². The third kappa shape index (κ3) is 3.18. The number of benzene rings is 2. The molecule has 1 aliphatic heterocycles. The van der Waals surface area contributed by atoms with E-state index in [1.54, 1.807) is 6.07 Å². The van der Waals surface area contributed by atoms with Gasteiger partial charge in [0.2, 0.25) is 13.2 Å². The summed E-state index contributed by atoms with van der Waals surface area (Å²) in [7, 11) is 0. The van der Waals surface area contributed by atoms with Gasteiger partial charge < -0.3 is 5.32 Å². The normalized spacial score (nSPS) is 21.5. The molecule has 0 aliphatic carbocycles. The number of hydrogen-bond acceptors (Lipinski definition) is 3. The van der Waals surface area contributed by atoms with Crippen molar-refractivity contribution in [3.8, 4) is 0 Å².